The summed E-state index contributed by atoms with van der Waals surface area (Å²) in [5.41, 5.74) is 0.0213. The molecule has 168 valence electrons. The third-order valence-electron chi connectivity index (χ3n) is 4.77. The number of aliphatic imine (C=N–C) groups is 1. The van der Waals surface area contributed by atoms with E-state index in [1.807, 2.05) is 6.92 Å². The number of benzene rings is 2. The quantitative estimate of drug-likeness (QED) is 0.540. The summed E-state index contributed by atoms with van der Waals surface area (Å²) in [5.74, 6) is -0.406. The van der Waals surface area contributed by atoms with Crippen molar-refractivity contribution >= 4 is 27.6 Å². The summed E-state index contributed by atoms with van der Waals surface area (Å²) in [4.78, 5) is 28.3. The standard InChI is InChI=1S/C21H22N4O6S/c1-13-5-7-14(8-6-13)23-32(29,30)15-9-10-17(18(11-15)31-4)22-12-16-19(26)24(2)21(28)25(3)20(16)27/h5-12,23,26H,1-4H3. The Bertz CT molecular complexity index is 1420. The summed E-state index contributed by atoms with van der Waals surface area (Å²) in [6.45, 7) is 1.90. The lowest BCUT2D eigenvalue weighted by molar-refractivity contribution is 0.410. The highest BCUT2D eigenvalue weighted by Gasteiger charge is 2.18. The van der Waals surface area contributed by atoms with Gasteiger partial charge >= 0.3 is 5.69 Å². The van der Waals surface area contributed by atoms with E-state index in [1.54, 1.807) is 24.3 Å². The summed E-state index contributed by atoms with van der Waals surface area (Å²) < 4.78 is 34.9. The van der Waals surface area contributed by atoms with Gasteiger partial charge in [-0.1, -0.05) is 17.7 Å². The van der Waals surface area contributed by atoms with E-state index in [-0.39, 0.29) is 21.9 Å². The molecule has 0 spiro atoms. The molecule has 0 aliphatic carbocycles. The predicted molar refractivity (Wildman–Crippen MR) is 121 cm³/mol. The van der Waals surface area contributed by atoms with Gasteiger partial charge in [0.2, 0.25) is 5.88 Å². The molecule has 0 saturated carbocycles. The second-order valence-electron chi connectivity index (χ2n) is 7.01. The average Bonchev–Trinajstić information content (AvgIpc) is 2.77. The van der Waals surface area contributed by atoms with Crippen LogP contribution in [0.1, 0.15) is 11.1 Å². The van der Waals surface area contributed by atoms with Gasteiger partial charge in [0.25, 0.3) is 15.6 Å². The van der Waals surface area contributed by atoms with E-state index in [1.165, 1.54) is 39.4 Å². The molecule has 0 aliphatic heterocycles. The summed E-state index contributed by atoms with van der Waals surface area (Å²) >= 11 is 0. The first-order valence-corrected chi connectivity index (χ1v) is 10.8. The maximum absolute atomic E-state index is 12.7. The van der Waals surface area contributed by atoms with Crippen LogP contribution in [0.15, 0.2) is 61.9 Å². The van der Waals surface area contributed by atoms with E-state index in [9.17, 15) is 23.1 Å². The minimum Gasteiger partial charge on any atom is -0.494 e. The van der Waals surface area contributed by atoms with Gasteiger partial charge in [-0.2, -0.15) is 0 Å². The molecule has 0 bridgehead atoms. The molecule has 0 saturated heterocycles. The van der Waals surface area contributed by atoms with Crippen molar-refractivity contribution < 1.29 is 18.3 Å². The molecule has 32 heavy (non-hydrogen) atoms. The molecule has 2 aromatic carbocycles. The first kappa shape index (κ1) is 22.8. The number of nitrogens with one attached hydrogen (secondary N) is 1. The minimum atomic E-state index is -3.89. The van der Waals surface area contributed by atoms with Gasteiger partial charge < -0.3 is 9.84 Å². The van der Waals surface area contributed by atoms with E-state index in [4.69, 9.17) is 4.74 Å². The summed E-state index contributed by atoms with van der Waals surface area (Å²) in [7, 11) is 0.0585. The van der Waals surface area contributed by atoms with Crippen LogP contribution in [0.25, 0.3) is 0 Å². The zero-order valence-electron chi connectivity index (χ0n) is 17.9. The number of ether oxygens (including phenoxy) is 1. The van der Waals surface area contributed by atoms with E-state index in [0.717, 1.165) is 20.9 Å². The van der Waals surface area contributed by atoms with Crippen molar-refractivity contribution in [2.75, 3.05) is 11.8 Å². The first-order chi connectivity index (χ1) is 15.0. The number of aryl methyl sites for hydroxylation is 1. The zero-order valence-corrected chi connectivity index (χ0v) is 18.7. The Kier molecular flexibility index (Phi) is 6.21. The van der Waals surface area contributed by atoms with E-state index < -0.39 is 27.2 Å². The van der Waals surface area contributed by atoms with Crippen LogP contribution in [-0.4, -0.2) is 36.0 Å². The van der Waals surface area contributed by atoms with Crippen molar-refractivity contribution in [3.05, 3.63) is 74.4 Å². The summed E-state index contributed by atoms with van der Waals surface area (Å²) in [6, 6.07) is 10.9. The molecule has 1 aromatic heterocycles. The molecule has 2 N–H and O–H groups in total. The number of anilines is 1. The molecule has 0 aliphatic rings. The van der Waals surface area contributed by atoms with Gasteiger partial charge in [0, 0.05) is 32.1 Å². The van der Waals surface area contributed by atoms with Crippen LogP contribution < -0.4 is 20.7 Å². The van der Waals surface area contributed by atoms with Crippen LogP contribution in [-0.2, 0) is 24.1 Å². The fourth-order valence-corrected chi connectivity index (χ4v) is 3.95. The van der Waals surface area contributed by atoms with Crippen LogP contribution in [0, 0.1) is 6.92 Å². The van der Waals surface area contributed by atoms with Crippen molar-refractivity contribution in [3.8, 4) is 11.6 Å². The van der Waals surface area contributed by atoms with Gasteiger partial charge in [-0.15, -0.1) is 0 Å². The zero-order chi connectivity index (χ0) is 23.6. The van der Waals surface area contributed by atoms with Crippen LogP contribution in [0.3, 0.4) is 0 Å². The van der Waals surface area contributed by atoms with Gasteiger partial charge in [0.1, 0.15) is 17.0 Å². The number of rotatable bonds is 6. The molecule has 3 rings (SSSR count). The minimum absolute atomic E-state index is 0.0465. The number of methoxy groups -OCH3 is 1. The topological polar surface area (TPSA) is 132 Å². The second kappa shape index (κ2) is 8.71. The van der Waals surface area contributed by atoms with Crippen molar-refractivity contribution in [3.63, 3.8) is 0 Å². The van der Waals surface area contributed by atoms with E-state index in [2.05, 4.69) is 9.71 Å². The highest BCUT2D eigenvalue weighted by atomic mass is 32.2. The van der Waals surface area contributed by atoms with Gasteiger partial charge in [-0.3, -0.25) is 23.6 Å². The lowest BCUT2D eigenvalue weighted by Gasteiger charge is -2.11. The Hall–Kier alpha value is -3.86. The number of nitrogens with zero attached hydrogens (tertiary/aromatic N) is 3. The van der Waals surface area contributed by atoms with Crippen molar-refractivity contribution in [1.29, 1.82) is 0 Å². The van der Waals surface area contributed by atoms with Gasteiger partial charge in [-0.05, 0) is 31.2 Å². The van der Waals surface area contributed by atoms with Gasteiger partial charge in [-0.25, -0.2) is 13.2 Å². The largest absolute Gasteiger partial charge is 0.494 e. The molecule has 0 radical (unpaired) electrons. The van der Waals surface area contributed by atoms with Crippen LogP contribution in [0.2, 0.25) is 0 Å². The first-order valence-electron chi connectivity index (χ1n) is 9.35. The average molecular weight is 458 g/mol. The van der Waals surface area contributed by atoms with Crippen molar-refractivity contribution in [2.45, 2.75) is 11.8 Å². The van der Waals surface area contributed by atoms with Crippen molar-refractivity contribution in [2.24, 2.45) is 19.1 Å². The molecular weight excluding hydrogens is 436 g/mol. The Morgan fingerprint density at radius 3 is 2.34 bits per heavy atom. The number of hydrogen-bond donors (Lipinski definition) is 2. The maximum atomic E-state index is 12.7. The molecule has 0 atom stereocenters. The van der Waals surface area contributed by atoms with E-state index in [0.29, 0.717) is 5.69 Å². The fourth-order valence-electron chi connectivity index (χ4n) is 2.87. The normalized spacial score (nSPS) is 11.6. The molecular formula is C21H22N4O6S. The molecule has 11 heteroatoms. The molecule has 3 aromatic rings. The highest BCUT2D eigenvalue weighted by molar-refractivity contribution is 7.92. The molecule has 0 amide bonds. The fraction of sp³-hybridized carbons (Fsp3) is 0.190. The van der Waals surface area contributed by atoms with Crippen LogP contribution in [0.5, 0.6) is 11.6 Å². The van der Waals surface area contributed by atoms with Gasteiger partial charge in [0.15, 0.2) is 0 Å². The predicted octanol–water partition coefficient (Wildman–Crippen LogP) is 1.66. The number of aromatic nitrogens is 2. The Balaban J connectivity index is 1.97. The van der Waals surface area contributed by atoms with Crippen LogP contribution in [0.4, 0.5) is 11.4 Å². The van der Waals surface area contributed by atoms with Crippen LogP contribution >= 0.6 is 0 Å². The van der Waals surface area contributed by atoms with Crippen molar-refractivity contribution in [1.82, 2.24) is 9.13 Å². The maximum Gasteiger partial charge on any atom is 0.333 e. The third-order valence-corrected chi connectivity index (χ3v) is 6.14. The lowest BCUT2D eigenvalue weighted by atomic mass is 10.2. The molecule has 0 fully saturated rings. The lowest BCUT2D eigenvalue weighted by Crippen LogP contribution is -2.38. The number of sulfonamides is 1. The number of aromatic hydroxyl groups is 1. The van der Waals surface area contributed by atoms with Gasteiger partial charge in [0.05, 0.1) is 12.0 Å². The molecule has 1 heterocycles. The Labute approximate surface area is 184 Å². The Morgan fingerprint density at radius 2 is 1.72 bits per heavy atom. The molecule has 0 unspecified atom stereocenters. The third kappa shape index (κ3) is 4.42. The van der Waals surface area contributed by atoms with E-state index >= 15 is 0 Å². The second-order valence-corrected chi connectivity index (χ2v) is 8.69. The SMILES string of the molecule is COc1cc(S(=O)(=O)Nc2ccc(C)cc2)ccc1N=Cc1c(O)n(C)c(=O)n(C)c1=O. The highest BCUT2D eigenvalue weighted by Crippen LogP contribution is 2.31. The number of hydrogen-bond acceptors (Lipinski definition) is 7. The monoisotopic (exact) mass is 458 g/mol. The Morgan fingerprint density at radius 1 is 1.06 bits per heavy atom. The smallest absolute Gasteiger partial charge is 0.333 e. The molecule has 10 nitrogen and oxygen atoms in total. The summed E-state index contributed by atoms with van der Waals surface area (Å²) in [5, 5.41) is 10.1. The summed E-state index contributed by atoms with van der Waals surface area (Å²) in [6.07, 6.45) is 1.09.